The van der Waals surface area contributed by atoms with Gasteiger partial charge in [-0.3, -0.25) is 19.9 Å². The Bertz CT molecular complexity index is 852. The smallest absolute Gasteiger partial charge is 0.279 e. The molecular formula is C17H17N3O5. The van der Waals surface area contributed by atoms with E-state index in [0.717, 1.165) is 0 Å². The molecule has 2 aromatic rings. The summed E-state index contributed by atoms with van der Waals surface area (Å²) in [5, 5.41) is 11.9. The van der Waals surface area contributed by atoms with E-state index >= 15 is 0 Å². The number of rotatable bonds is 4. The Balaban J connectivity index is 2.26. The summed E-state index contributed by atoms with van der Waals surface area (Å²) in [5.41, 5.74) is 0.895. The minimum Gasteiger partial charge on any atom is -0.494 e. The van der Waals surface area contributed by atoms with Crippen molar-refractivity contribution in [2.45, 2.75) is 6.04 Å². The molecule has 0 radical (unpaired) electrons. The zero-order valence-corrected chi connectivity index (χ0v) is 13.7. The summed E-state index contributed by atoms with van der Waals surface area (Å²) < 4.78 is 10.8. The van der Waals surface area contributed by atoms with Gasteiger partial charge in [-0.1, -0.05) is 6.58 Å². The van der Waals surface area contributed by atoms with Crippen molar-refractivity contribution in [3.05, 3.63) is 52.7 Å². The van der Waals surface area contributed by atoms with Crippen molar-refractivity contribution >= 4 is 22.5 Å². The molecule has 1 aliphatic rings. The number of nitrogens with zero attached hydrogens (tertiary/aromatic N) is 3. The SMILES string of the molecule is C=CC(=O)N1CCOCC1c1ccnc2c(OC)ccc([N+](=O)[O-])c12. The first-order chi connectivity index (χ1) is 12.1. The summed E-state index contributed by atoms with van der Waals surface area (Å²) in [7, 11) is 1.48. The highest BCUT2D eigenvalue weighted by Gasteiger charge is 2.31. The monoisotopic (exact) mass is 343 g/mol. The van der Waals surface area contributed by atoms with Gasteiger partial charge in [-0.15, -0.1) is 0 Å². The molecule has 0 bridgehead atoms. The number of nitro benzene ring substituents is 1. The van der Waals surface area contributed by atoms with Crippen LogP contribution in [0.4, 0.5) is 5.69 Å². The van der Waals surface area contributed by atoms with Gasteiger partial charge in [-0.05, 0) is 23.8 Å². The molecule has 25 heavy (non-hydrogen) atoms. The maximum Gasteiger partial charge on any atom is 0.279 e. The molecule has 1 unspecified atom stereocenters. The first-order valence-electron chi connectivity index (χ1n) is 7.69. The van der Waals surface area contributed by atoms with Crippen molar-refractivity contribution in [1.82, 2.24) is 9.88 Å². The quantitative estimate of drug-likeness (QED) is 0.480. The third-order valence-electron chi connectivity index (χ3n) is 4.23. The molecule has 0 saturated carbocycles. The Kier molecular flexibility index (Phi) is 4.62. The lowest BCUT2D eigenvalue weighted by Crippen LogP contribution is -2.42. The van der Waals surface area contributed by atoms with Gasteiger partial charge < -0.3 is 14.4 Å². The molecule has 1 fully saturated rings. The molecule has 8 heteroatoms. The number of non-ortho nitro benzene ring substituents is 1. The van der Waals surface area contributed by atoms with Gasteiger partial charge >= 0.3 is 0 Å². The van der Waals surface area contributed by atoms with Gasteiger partial charge in [0.2, 0.25) is 5.91 Å². The third-order valence-corrected chi connectivity index (χ3v) is 4.23. The third kappa shape index (κ3) is 2.91. The maximum absolute atomic E-state index is 12.2. The first-order valence-corrected chi connectivity index (χ1v) is 7.69. The molecule has 1 aromatic heterocycles. The number of fused-ring (bicyclic) bond motifs is 1. The average molecular weight is 343 g/mol. The topological polar surface area (TPSA) is 94.8 Å². The normalized spacial score (nSPS) is 17.3. The molecule has 0 N–H and O–H groups in total. The molecule has 1 atom stereocenters. The molecule has 1 saturated heterocycles. The Hall–Kier alpha value is -3.00. The highest BCUT2D eigenvalue weighted by Crippen LogP contribution is 2.38. The summed E-state index contributed by atoms with van der Waals surface area (Å²) in [4.78, 5) is 29.1. The fourth-order valence-corrected chi connectivity index (χ4v) is 3.09. The molecular weight excluding hydrogens is 326 g/mol. The lowest BCUT2D eigenvalue weighted by atomic mass is 9.98. The van der Waals surface area contributed by atoms with E-state index in [-0.39, 0.29) is 18.2 Å². The number of pyridine rings is 1. The molecule has 3 rings (SSSR count). The van der Waals surface area contributed by atoms with Gasteiger partial charge in [0, 0.05) is 18.8 Å². The van der Waals surface area contributed by atoms with Crippen LogP contribution >= 0.6 is 0 Å². The number of benzene rings is 1. The fraction of sp³-hybridized carbons (Fsp3) is 0.294. The number of hydrogen-bond acceptors (Lipinski definition) is 6. The molecule has 1 amide bonds. The molecule has 1 aromatic carbocycles. The molecule has 0 spiro atoms. The predicted molar refractivity (Wildman–Crippen MR) is 90.4 cm³/mol. The fourth-order valence-electron chi connectivity index (χ4n) is 3.09. The Morgan fingerprint density at radius 2 is 2.32 bits per heavy atom. The maximum atomic E-state index is 12.2. The van der Waals surface area contributed by atoms with Crippen LogP contribution in [0.25, 0.3) is 10.9 Å². The molecule has 2 heterocycles. The molecule has 0 aliphatic carbocycles. The zero-order chi connectivity index (χ0) is 18.0. The van der Waals surface area contributed by atoms with Crippen LogP contribution in [0.3, 0.4) is 0 Å². The van der Waals surface area contributed by atoms with Gasteiger partial charge in [0.1, 0.15) is 11.3 Å². The van der Waals surface area contributed by atoms with Crippen LogP contribution in [0.2, 0.25) is 0 Å². The van der Waals surface area contributed by atoms with Gasteiger partial charge in [0.15, 0.2) is 0 Å². The van der Waals surface area contributed by atoms with E-state index in [4.69, 9.17) is 9.47 Å². The van der Waals surface area contributed by atoms with Crippen molar-refractivity contribution in [1.29, 1.82) is 0 Å². The number of morpholine rings is 1. The highest BCUT2D eigenvalue weighted by molar-refractivity contribution is 5.96. The van der Waals surface area contributed by atoms with Gasteiger partial charge in [-0.2, -0.15) is 0 Å². The van der Waals surface area contributed by atoms with E-state index in [1.54, 1.807) is 17.2 Å². The number of nitro groups is 1. The van der Waals surface area contributed by atoms with E-state index < -0.39 is 11.0 Å². The molecule has 1 aliphatic heterocycles. The second-order valence-corrected chi connectivity index (χ2v) is 5.49. The molecule has 8 nitrogen and oxygen atoms in total. The largest absolute Gasteiger partial charge is 0.494 e. The second-order valence-electron chi connectivity index (χ2n) is 5.49. The van der Waals surface area contributed by atoms with Crippen LogP contribution in [-0.2, 0) is 9.53 Å². The van der Waals surface area contributed by atoms with Crippen LogP contribution in [0.5, 0.6) is 5.75 Å². The van der Waals surface area contributed by atoms with E-state index in [9.17, 15) is 14.9 Å². The Morgan fingerprint density at radius 3 is 3.00 bits per heavy atom. The number of aromatic nitrogens is 1. The summed E-state index contributed by atoms with van der Waals surface area (Å²) in [6.45, 7) is 4.56. The van der Waals surface area contributed by atoms with Gasteiger partial charge in [-0.25, -0.2) is 0 Å². The minimum absolute atomic E-state index is 0.0875. The van der Waals surface area contributed by atoms with Crippen molar-refractivity contribution in [3.8, 4) is 5.75 Å². The number of carbonyl (C=O) groups is 1. The second kappa shape index (κ2) is 6.86. The van der Waals surface area contributed by atoms with Crippen LogP contribution in [-0.4, -0.2) is 47.6 Å². The van der Waals surface area contributed by atoms with Crippen LogP contribution in [0.15, 0.2) is 37.1 Å². The average Bonchev–Trinajstić information content (AvgIpc) is 2.65. The summed E-state index contributed by atoms with van der Waals surface area (Å²) in [5.74, 6) is 0.185. The van der Waals surface area contributed by atoms with E-state index in [1.807, 2.05) is 0 Å². The van der Waals surface area contributed by atoms with Crippen molar-refractivity contribution in [2.24, 2.45) is 0 Å². The number of amides is 1. The lowest BCUT2D eigenvalue weighted by molar-refractivity contribution is -0.383. The summed E-state index contributed by atoms with van der Waals surface area (Å²) in [6, 6.07) is 4.12. The van der Waals surface area contributed by atoms with Gasteiger partial charge in [0.25, 0.3) is 5.69 Å². The van der Waals surface area contributed by atoms with Crippen LogP contribution in [0.1, 0.15) is 11.6 Å². The number of methoxy groups -OCH3 is 1. The van der Waals surface area contributed by atoms with Crippen molar-refractivity contribution in [2.75, 3.05) is 26.9 Å². The van der Waals surface area contributed by atoms with Gasteiger partial charge in [0.05, 0.1) is 36.7 Å². The number of ether oxygens (including phenoxy) is 2. The zero-order valence-electron chi connectivity index (χ0n) is 13.7. The van der Waals surface area contributed by atoms with Crippen LogP contribution in [0, 0.1) is 10.1 Å². The first kappa shape index (κ1) is 16.8. The standard InChI is InChI=1S/C17H17N3O5/c1-3-15(21)19-8-9-25-10-13(19)11-6-7-18-17-14(24-2)5-4-12(16(11)17)20(22)23/h3-7,13H,1,8-10H2,2H3. The Morgan fingerprint density at radius 1 is 1.52 bits per heavy atom. The van der Waals surface area contributed by atoms with Crippen LogP contribution < -0.4 is 4.74 Å². The highest BCUT2D eigenvalue weighted by atomic mass is 16.6. The van der Waals surface area contributed by atoms with E-state index in [1.165, 1.54) is 25.3 Å². The number of carbonyl (C=O) groups excluding carboxylic acids is 1. The van der Waals surface area contributed by atoms with Crippen molar-refractivity contribution < 1.29 is 19.2 Å². The lowest BCUT2D eigenvalue weighted by Gasteiger charge is -2.35. The Labute approximate surface area is 143 Å². The van der Waals surface area contributed by atoms with Crippen molar-refractivity contribution in [3.63, 3.8) is 0 Å². The summed E-state index contributed by atoms with van der Waals surface area (Å²) >= 11 is 0. The van der Waals surface area contributed by atoms with E-state index in [2.05, 4.69) is 11.6 Å². The van der Waals surface area contributed by atoms with E-state index in [0.29, 0.717) is 35.4 Å². The summed E-state index contributed by atoms with van der Waals surface area (Å²) in [6.07, 6.45) is 2.78. The minimum atomic E-state index is -0.462. The number of hydrogen-bond donors (Lipinski definition) is 0. The molecule has 130 valence electrons. The predicted octanol–water partition coefficient (Wildman–Crippen LogP) is 2.24.